The molecule has 0 saturated carbocycles. The van der Waals surface area contributed by atoms with Crippen molar-refractivity contribution in [3.05, 3.63) is 196 Å². The molecule has 54 heavy (non-hydrogen) atoms. The van der Waals surface area contributed by atoms with E-state index in [1.165, 1.54) is 80.1 Å². The van der Waals surface area contributed by atoms with Gasteiger partial charge in [0.05, 0.1) is 10.9 Å². The summed E-state index contributed by atoms with van der Waals surface area (Å²) in [7, 11) is -0.266. The Morgan fingerprint density at radius 2 is 1.06 bits per heavy atom. The minimum atomic E-state index is -0.266. The summed E-state index contributed by atoms with van der Waals surface area (Å²) in [5.41, 5.74) is 14.3. The molecular formula is C51H43OS2+. The molecule has 3 heteroatoms. The maximum atomic E-state index is 13.4. The van der Waals surface area contributed by atoms with Crippen LogP contribution in [0.3, 0.4) is 0 Å². The van der Waals surface area contributed by atoms with Crippen molar-refractivity contribution in [1.29, 1.82) is 0 Å². The van der Waals surface area contributed by atoms with E-state index in [-0.39, 0.29) is 27.5 Å². The van der Waals surface area contributed by atoms with E-state index in [2.05, 4.69) is 157 Å². The van der Waals surface area contributed by atoms with E-state index >= 15 is 0 Å². The predicted octanol–water partition coefficient (Wildman–Crippen LogP) is 13.4. The molecule has 0 aromatic heterocycles. The molecule has 7 aromatic rings. The van der Waals surface area contributed by atoms with Crippen molar-refractivity contribution in [1.82, 2.24) is 0 Å². The molecule has 0 saturated heterocycles. The first-order valence-corrected chi connectivity index (χ1v) is 20.8. The molecule has 0 amide bonds. The van der Waals surface area contributed by atoms with Crippen molar-refractivity contribution in [3.63, 3.8) is 0 Å². The van der Waals surface area contributed by atoms with Crippen molar-refractivity contribution in [2.24, 2.45) is 0 Å². The summed E-state index contributed by atoms with van der Waals surface area (Å²) in [5.74, 6) is 0.0659. The average Bonchev–Trinajstić information content (AvgIpc) is 3.55. The first-order chi connectivity index (χ1) is 26.0. The Labute approximate surface area is 326 Å². The summed E-state index contributed by atoms with van der Waals surface area (Å²) in [6, 6.07) is 54.8. The van der Waals surface area contributed by atoms with Crippen LogP contribution < -0.4 is 0 Å². The summed E-state index contributed by atoms with van der Waals surface area (Å²) in [5, 5.41) is 0. The van der Waals surface area contributed by atoms with Gasteiger partial charge in [-0.1, -0.05) is 130 Å². The number of ketones is 1. The normalized spacial score (nSPS) is 14.9. The molecule has 0 aliphatic heterocycles. The molecule has 0 N–H and O–H groups in total. The molecule has 1 nitrogen and oxygen atoms in total. The van der Waals surface area contributed by atoms with Crippen LogP contribution in [0.4, 0.5) is 0 Å². The zero-order valence-electron chi connectivity index (χ0n) is 31.7. The Kier molecular flexibility index (Phi) is 8.37. The van der Waals surface area contributed by atoms with E-state index in [9.17, 15) is 4.79 Å². The molecule has 264 valence electrons. The van der Waals surface area contributed by atoms with Crippen LogP contribution in [0.2, 0.25) is 0 Å². The van der Waals surface area contributed by atoms with Crippen LogP contribution in [0.1, 0.15) is 77.0 Å². The monoisotopic (exact) mass is 735 g/mol. The third kappa shape index (κ3) is 5.60. The minimum absolute atomic E-state index is 0.0488. The van der Waals surface area contributed by atoms with Gasteiger partial charge in [0.1, 0.15) is 0 Å². The smallest absolute Gasteiger partial charge is 0.193 e. The molecule has 0 fully saturated rings. The minimum Gasteiger partial charge on any atom is -0.289 e. The van der Waals surface area contributed by atoms with Gasteiger partial charge in [0.25, 0.3) is 0 Å². The van der Waals surface area contributed by atoms with Crippen molar-refractivity contribution < 1.29 is 4.79 Å². The van der Waals surface area contributed by atoms with Crippen LogP contribution in [0, 0.1) is 13.8 Å². The number of hydrogen-bond acceptors (Lipinski definition) is 2. The van der Waals surface area contributed by atoms with Crippen LogP contribution in [-0.2, 0) is 21.7 Å². The molecule has 1 atom stereocenters. The van der Waals surface area contributed by atoms with Crippen LogP contribution >= 0.6 is 11.8 Å². The SMILES string of the molecule is Cc1cc([S+](c2ccc3c(c2)C(C)(C)c2ccccc2-3)c2ccccc2C)ccc1Sc1ccc2c(c1)C(C)(C)c1cc(C(=O)c3ccccc3)ccc1-2. The molecule has 0 spiro atoms. The standard InChI is InChI=1S/C51H43OS2/c1-32-14-10-13-19-48(32)54(38-22-26-42-39-17-11-12-18-43(39)50(3,4)46(42)31-38)37-23-27-47(33(2)28-37)53-36-21-25-41-40-24-20-35(49(52)34-15-8-7-9-16-34)29-44(40)51(5,6)45(41)30-36/h7-31H,1-6H3/q+1. The lowest BCUT2D eigenvalue weighted by Gasteiger charge is -2.22. The molecular weight excluding hydrogens is 693 g/mol. The van der Waals surface area contributed by atoms with Gasteiger partial charge < -0.3 is 0 Å². The fraction of sp³-hybridized carbons (Fsp3) is 0.157. The third-order valence-electron chi connectivity index (χ3n) is 11.7. The maximum Gasteiger partial charge on any atom is 0.193 e. The van der Waals surface area contributed by atoms with Gasteiger partial charge in [-0.3, -0.25) is 4.79 Å². The molecule has 2 aliphatic rings. The van der Waals surface area contributed by atoms with Gasteiger partial charge in [-0.2, -0.15) is 0 Å². The predicted molar refractivity (Wildman–Crippen MR) is 227 cm³/mol. The second-order valence-corrected chi connectivity index (χ2v) is 18.9. The second kappa shape index (κ2) is 13.0. The number of hydrogen-bond donors (Lipinski definition) is 0. The number of fused-ring (bicyclic) bond motifs is 6. The highest BCUT2D eigenvalue weighted by molar-refractivity contribution is 7.99. The van der Waals surface area contributed by atoms with Gasteiger partial charge in [0.15, 0.2) is 20.5 Å². The largest absolute Gasteiger partial charge is 0.289 e. The first-order valence-electron chi connectivity index (χ1n) is 18.7. The van der Waals surface area contributed by atoms with Gasteiger partial charge in [0, 0.05) is 37.3 Å². The molecule has 0 heterocycles. The summed E-state index contributed by atoms with van der Waals surface area (Å²) in [6.45, 7) is 13.8. The summed E-state index contributed by atoms with van der Waals surface area (Å²) < 4.78 is 0. The lowest BCUT2D eigenvalue weighted by Crippen LogP contribution is -2.16. The fourth-order valence-corrected chi connectivity index (χ4v) is 11.9. The summed E-state index contributed by atoms with van der Waals surface area (Å²) in [4.78, 5) is 19.9. The van der Waals surface area contributed by atoms with Gasteiger partial charge in [0.2, 0.25) is 0 Å². The highest BCUT2D eigenvalue weighted by atomic mass is 32.2. The van der Waals surface area contributed by atoms with Crippen molar-refractivity contribution in [3.8, 4) is 22.3 Å². The number of carbonyl (C=O) groups is 1. The number of benzene rings is 7. The molecule has 0 bridgehead atoms. The molecule has 1 unspecified atom stereocenters. The highest BCUT2D eigenvalue weighted by Crippen LogP contribution is 2.52. The Morgan fingerprint density at radius 3 is 1.81 bits per heavy atom. The van der Waals surface area contributed by atoms with E-state index in [1.54, 1.807) is 0 Å². The fourth-order valence-electron chi connectivity index (χ4n) is 8.65. The Bertz CT molecular complexity index is 2630. The first kappa shape index (κ1) is 34.7. The van der Waals surface area contributed by atoms with E-state index < -0.39 is 0 Å². The van der Waals surface area contributed by atoms with Crippen LogP contribution in [0.25, 0.3) is 22.3 Å². The van der Waals surface area contributed by atoms with Crippen LogP contribution in [-0.4, -0.2) is 5.78 Å². The van der Waals surface area contributed by atoms with Gasteiger partial charge in [-0.25, -0.2) is 0 Å². The molecule has 9 rings (SSSR count). The highest BCUT2D eigenvalue weighted by Gasteiger charge is 2.39. The number of aryl methyl sites for hydroxylation is 2. The summed E-state index contributed by atoms with van der Waals surface area (Å²) >= 11 is 1.84. The lowest BCUT2D eigenvalue weighted by molar-refractivity contribution is 0.103. The van der Waals surface area contributed by atoms with E-state index in [4.69, 9.17) is 0 Å². The quantitative estimate of drug-likeness (QED) is 0.120. The van der Waals surface area contributed by atoms with E-state index in [0.717, 1.165) is 11.1 Å². The molecule has 7 aromatic carbocycles. The summed E-state index contributed by atoms with van der Waals surface area (Å²) in [6.07, 6.45) is 0. The topological polar surface area (TPSA) is 17.1 Å². The molecule has 2 aliphatic carbocycles. The number of rotatable bonds is 7. The van der Waals surface area contributed by atoms with Gasteiger partial charge in [-0.05, 0) is 125 Å². The molecule has 0 radical (unpaired) electrons. The van der Waals surface area contributed by atoms with Crippen molar-refractivity contribution in [2.75, 3.05) is 0 Å². The Hall–Kier alpha value is -5.09. The zero-order chi connectivity index (χ0) is 37.4. The number of carbonyl (C=O) groups excluding carboxylic acids is 1. The lowest BCUT2D eigenvalue weighted by atomic mass is 9.81. The average molecular weight is 736 g/mol. The second-order valence-electron chi connectivity index (χ2n) is 15.8. The van der Waals surface area contributed by atoms with Gasteiger partial charge in [-0.15, -0.1) is 0 Å². The van der Waals surface area contributed by atoms with Crippen molar-refractivity contribution >= 4 is 28.4 Å². The van der Waals surface area contributed by atoms with Crippen LogP contribution in [0.5, 0.6) is 0 Å². The zero-order valence-corrected chi connectivity index (χ0v) is 33.3. The maximum absolute atomic E-state index is 13.4. The van der Waals surface area contributed by atoms with Crippen molar-refractivity contribution in [2.45, 2.75) is 76.8 Å². The Morgan fingerprint density at radius 1 is 0.481 bits per heavy atom. The van der Waals surface area contributed by atoms with Gasteiger partial charge >= 0.3 is 0 Å². The van der Waals surface area contributed by atoms with E-state index in [0.29, 0.717) is 0 Å². The van der Waals surface area contributed by atoms with Crippen LogP contribution in [0.15, 0.2) is 176 Å². The third-order valence-corrected chi connectivity index (χ3v) is 15.2. The van der Waals surface area contributed by atoms with E-state index in [1.807, 2.05) is 48.2 Å². The Balaban J connectivity index is 1.04.